The van der Waals surface area contributed by atoms with E-state index in [1.165, 1.54) is 0 Å². The summed E-state index contributed by atoms with van der Waals surface area (Å²) in [4.78, 5) is 25.4. The summed E-state index contributed by atoms with van der Waals surface area (Å²) in [5.74, 6) is -1.27. The number of rotatable bonds is 2. The average molecular weight is 264 g/mol. The molecule has 4 nitrogen and oxygen atoms in total. The number of aromatic carboxylic acids is 1. The third-order valence-corrected chi connectivity index (χ3v) is 2.88. The number of benzene rings is 1. The van der Waals surface area contributed by atoms with Gasteiger partial charge in [-0.15, -0.1) is 0 Å². The lowest BCUT2D eigenvalue weighted by Crippen LogP contribution is -2.19. The van der Waals surface area contributed by atoms with Gasteiger partial charge in [-0.25, -0.2) is 4.79 Å². The second kappa shape index (κ2) is 4.66. The van der Waals surface area contributed by atoms with Gasteiger partial charge >= 0.3 is 5.97 Å². The maximum Gasteiger partial charge on any atom is 0.341 e. The smallest absolute Gasteiger partial charge is 0.341 e. The Balaban J connectivity index is 2.83. The molecule has 0 aliphatic heterocycles. The van der Waals surface area contributed by atoms with Crippen LogP contribution in [0.25, 0.3) is 11.1 Å². The van der Waals surface area contributed by atoms with E-state index in [4.69, 9.17) is 16.7 Å². The number of halogens is 1. The fourth-order valence-corrected chi connectivity index (χ4v) is 2.03. The Hall–Kier alpha value is -2.07. The predicted octanol–water partition coefficient (Wildman–Crippen LogP) is 2.70. The Bertz CT molecular complexity index is 676. The summed E-state index contributed by atoms with van der Waals surface area (Å²) in [6.07, 6.45) is 0. The van der Waals surface area contributed by atoms with Crippen LogP contribution in [0.5, 0.6) is 0 Å². The van der Waals surface area contributed by atoms with E-state index in [1.807, 2.05) is 0 Å². The fraction of sp³-hybridized carbons (Fsp3) is 0.0769. The minimum absolute atomic E-state index is 0.297. The van der Waals surface area contributed by atoms with E-state index in [0.717, 1.165) is 0 Å². The van der Waals surface area contributed by atoms with Crippen LogP contribution in [0.2, 0.25) is 5.02 Å². The molecule has 0 unspecified atom stereocenters. The van der Waals surface area contributed by atoms with Gasteiger partial charge in [0.2, 0.25) is 0 Å². The molecule has 0 aliphatic rings. The van der Waals surface area contributed by atoms with Crippen LogP contribution in [-0.2, 0) is 0 Å². The lowest BCUT2D eigenvalue weighted by Gasteiger charge is -2.08. The van der Waals surface area contributed by atoms with Crippen molar-refractivity contribution in [1.29, 1.82) is 0 Å². The van der Waals surface area contributed by atoms with Crippen molar-refractivity contribution >= 4 is 17.6 Å². The number of aromatic amines is 1. The molecule has 1 aromatic heterocycles. The first kappa shape index (κ1) is 12.4. The first-order valence-corrected chi connectivity index (χ1v) is 5.60. The highest BCUT2D eigenvalue weighted by molar-refractivity contribution is 6.33. The van der Waals surface area contributed by atoms with Crippen LogP contribution in [0.15, 0.2) is 35.1 Å². The number of hydrogen-bond donors (Lipinski definition) is 2. The van der Waals surface area contributed by atoms with Crippen molar-refractivity contribution in [3.8, 4) is 11.1 Å². The number of carboxylic acids is 1. The Morgan fingerprint density at radius 1 is 1.28 bits per heavy atom. The van der Waals surface area contributed by atoms with E-state index in [9.17, 15) is 9.59 Å². The highest BCUT2D eigenvalue weighted by Gasteiger charge is 2.18. The number of aryl methyl sites for hydroxylation is 1. The van der Waals surface area contributed by atoms with E-state index in [1.54, 1.807) is 37.3 Å². The van der Waals surface area contributed by atoms with Gasteiger partial charge in [0, 0.05) is 21.8 Å². The second-order valence-electron chi connectivity index (χ2n) is 3.86. The van der Waals surface area contributed by atoms with E-state index < -0.39 is 11.5 Å². The molecule has 0 spiro atoms. The second-order valence-corrected chi connectivity index (χ2v) is 4.26. The molecule has 0 bridgehead atoms. The van der Waals surface area contributed by atoms with Crippen molar-refractivity contribution in [2.24, 2.45) is 0 Å². The first-order valence-electron chi connectivity index (χ1n) is 5.23. The van der Waals surface area contributed by atoms with Gasteiger partial charge in [-0.3, -0.25) is 4.79 Å². The Morgan fingerprint density at radius 3 is 2.56 bits per heavy atom. The van der Waals surface area contributed by atoms with E-state index in [0.29, 0.717) is 21.8 Å². The van der Waals surface area contributed by atoms with Crippen LogP contribution in [0, 0.1) is 6.92 Å². The third kappa shape index (κ3) is 2.15. The van der Waals surface area contributed by atoms with Crippen LogP contribution in [0.3, 0.4) is 0 Å². The summed E-state index contributed by atoms with van der Waals surface area (Å²) >= 11 is 6.03. The highest BCUT2D eigenvalue weighted by Crippen LogP contribution is 2.29. The van der Waals surface area contributed by atoms with Crippen molar-refractivity contribution in [3.05, 3.63) is 57.0 Å². The average Bonchev–Trinajstić information content (AvgIpc) is 2.27. The zero-order valence-electron chi connectivity index (χ0n) is 9.53. The Kier molecular flexibility index (Phi) is 3.21. The Labute approximate surface area is 108 Å². The molecule has 18 heavy (non-hydrogen) atoms. The van der Waals surface area contributed by atoms with Gasteiger partial charge < -0.3 is 10.1 Å². The van der Waals surface area contributed by atoms with Crippen LogP contribution in [0.1, 0.15) is 16.1 Å². The quantitative estimate of drug-likeness (QED) is 0.875. The molecular weight excluding hydrogens is 254 g/mol. The summed E-state index contributed by atoms with van der Waals surface area (Å²) in [7, 11) is 0. The maximum atomic E-state index is 11.7. The molecule has 0 aliphatic carbocycles. The van der Waals surface area contributed by atoms with Crippen LogP contribution in [-0.4, -0.2) is 16.1 Å². The highest BCUT2D eigenvalue weighted by atomic mass is 35.5. The molecule has 2 N–H and O–H groups in total. The molecule has 5 heteroatoms. The third-order valence-electron chi connectivity index (χ3n) is 2.55. The first-order chi connectivity index (χ1) is 8.50. The molecule has 0 saturated carbocycles. The summed E-state index contributed by atoms with van der Waals surface area (Å²) in [6.45, 7) is 1.69. The van der Waals surface area contributed by atoms with E-state index in [2.05, 4.69) is 4.98 Å². The number of hydrogen-bond acceptors (Lipinski definition) is 2. The Morgan fingerprint density at radius 2 is 1.94 bits per heavy atom. The minimum Gasteiger partial charge on any atom is -0.477 e. The molecule has 2 rings (SSSR count). The number of pyridine rings is 1. The number of carbonyl (C=O) groups is 1. The molecule has 0 amide bonds. The van der Waals surface area contributed by atoms with Crippen molar-refractivity contribution in [2.75, 3.05) is 0 Å². The summed E-state index contributed by atoms with van der Waals surface area (Å²) in [6, 6.07) is 8.42. The van der Waals surface area contributed by atoms with Crippen molar-refractivity contribution in [2.45, 2.75) is 6.92 Å². The molecular formula is C13H10ClNO3. The predicted molar refractivity (Wildman–Crippen MR) is 69.2 cm³/mol. The molecule has 1 aromatic carbocycles. The molecule has 1 heterocycles. The summed E-state index contributed by atoms with van der Waals surface area (Å²) < 4.78 is 0. The molecule has 0 radical (unpaired) electrons. The van der Waals surface area contributed by atoms with Crippen LogP contribution < -0.4 is 5.56 Å². The van der Waals surface area contributed by atoms with Gasteiger partial charge in [0.1, 0.15) is 5.56 Å². The van der Waals surface area contributed by atoms with E-state index >= 15 is 0 Å². The fourth-order valence-electron chi connectivity index (χ4n) is 1.79. The largest absolute Gasteiger partial charge is 0.477 e. The standard InChI is InChI=1S/C13H10ClNO3/c1-7-6-9(8-4-2-3-5-10(8)14)11(13(17)18)12(16)15-7/h2-6H,1H3,(H,15,16)(H,17,18). The monoisotopic (exact) mass is 263 g/mol. The van der Waals surface area contributed by atoms with Crippen molar-refractivity contribution in [1.82, 2.24) is 4.98 Å². The minimum atomic E-state index is -1.27. The zero-order valence-corrected chi connectivity index (χ0v) is 10.3. The molecule has 2 aromatic rings. The van der Waals surface area contributed by atoms with Gasteiger partial charge in [-0.2, -0.15) is 0 Å². The number of nitrogens with one attached hydrogen (secondary N) is 1. The topological polar surface area (TPSA) is 70.2 Å². The van der Waals surface area contributed by atoms with Gasteiger partial charge in [0.05, 0.1) is 0 Å². The van der Waals surface area contributed by atoms with Gasteiger partial charge in [-0.05, 0) is 19.1 Å². The number of H-pyrrole nitrogens is 1. The number of aromatic nitrogens is 1. The van der Waals surface area contributed by atoms with Crippen LogP contribution in [0.4, 0.5) is 0 Å². The number of carboxylic acid groups (broad SMARTS) is 1. The van der Waals surface area contributed by atoms with Crippen molar-refractivity contribution < 1.29 is 9.90 Å². The molecule has 92 valence electrons. The van der Waals surface area contributed by atoms with Crippen molar-refractivity contribution in [3.63, 3.8) is 0 Å². The van der Waals surface area contributed by atoms with Crippen LogP contribution >= 0.6 is 11.6 Å². The molecule has 0 saturated heterocycles. The normalized spacial score (nSPS) is 10.3. The maximum absolute atomic E-state index is 11.7. The van der Waals surface area contributed by atoms with Gasteiger partial charge in [0.25, 0.3) is 5.56 Å². The lowest BCUT2D eigenvalue weighted by molar-refractivity contribution is 0.0696. The molecule has 0 atom stereocenters. The van der Waals surface area contributed by atoms with Gasteiger partial charge in [0.15, 0.2) is 0 Å². The SMILES string of the molecule is Cc1cc(-c2ccccc2Cl)c(C(=O)O)c(=O)[nH]1. The van der Waals surface area contributed by atoms with E-state index in [-0.39, 0.29) is 5.56 Å². The lowest BCUT2D eigenvalue weighted by atomic mass is 10.0. The summed E-state index contributed by atoms with van der Waals surface area (Å²) in [5.41, 5.74) is 0.520. The zero-order chi connectivity index (χ0) is 13.3. The summed E-state index contributed by atoms with van der Waals surface area (Å²) in [5, 5.41) is 9.53. The molecule has 0 fully saturated rings. The van der Waals surface area contributed by atoms with Gasteiger partial charge in [-0.1, -0.05) is 29.8 Å².